The summed E-state index contributed by atoms with van der Waals surface area (Å²) in [5.41, 5.74) is 4.54. The molecule has 0 saturated heterocycles. The highest BCUT2D eigenvalue weighted by atomic mass is 35.5. The van der Waals surface area contributed by atoms with E-state index < -0.39 is 6.10 Å². The normalized spacial score (nSPS) is 12.1. The Balaban J connectivity index is 1.85. The van der Waals surface area contributed by atoms with Gasteiger partial charge in [0.1, 0.15) is 5.75 Å². The van der Waals surface area contributed by atoms with Gasteiger partial charge in [0.2, 0.25) is 0 Å². The molecule has 22 heavy (non-hydrogen) atoms. The fourth-order valence-electron chi connectivity index (χ4n) is 1.68. The van der Waals surface area contributed by atoms with Crippen molar-refractivity contribution in [1.29, 1.82) is 0 Å². The highest BCUT2D eigenvalue weighted by Gasteiger charge is 2.13. The van der Waals surface area contributed by atoms with E-state index >= 15 is 0 Å². The molecule has 0 heterocycles. The van der Waals surface area contributed by atoms with Crippen molar-refractivity contribution in [3.05, 3.63) is 64.7 Å². The Morgan fingerprint density at radius 2 is 1.82 bits per heavy atom. The van der Waals surface area contributed by atoms with Crippen molar-refractivity contribution in [2.24, 2.45) is 5.10 Å². The number of hydrogen-bond donors (Lipinski definition) is 1. The molecule has 0 aromatic heterocycles. The summed E-state index contributed by atoms with van der Waals surface area (Å²) in [5.74, 6) is 0.257. The molecular formula is C17H17ClN2O2. The predicted octanol–water partition coefficient (Wildman–Crippen LogP) is 3.57. The average Bonchev–Trinajstić information content (AvgIpc) is 2.51. The quantitative estimate of drug-likeness (QED) is 0.677. The van der Waals surface area contributed by atoms with Crippen LogP contribution in [0.1, 0.15) is 18.1 Å². The minimum atomic E-state index is -0.656. The molecule has 0 bridgehead atoms. The lowest BCUT2D eigenvalue weighted by Crippen LogP contribution is -2.33. The highest BCUT2D eigenvalue weighted by Crippen LogP contribution is 2.16. The van der Waals surface area contributed by atoms with E-state index in [-0.39, 0.29) is 5.91 Å². The van der Waals surface area contributed by atoms with Crippen molar-refractivity contribution in [3.8, 4) is 5.75 Å². The summed E-state index contributed by atoms with van der Waals surface area (Å²) in [6, 6.07) is 14.7. The third-order valence-electron chi connectivity index (χ3n) is 2.96. The van der Waals surface area contributed by atoms with Gasteiger partial charge < -0.3 is 4.74 Å². The molecule has 0 radical (unpaired) electrons. The number of amides is 1. The summed E-state index contributed by atoms with van der Waals surface area (Å²) in [6.45, 7) is 3.67. The van der Waals surface area contributed by atoms with Crippen LogP contribution < -0.4 is 10.2 Å². The van der Waals surface area contributed by atoms with E-state index in [1.807, 2.05) is 31.2 Å². The van der Waals surface area contributed by atoms with E-state index in [1.54, 1.807) is 37.4 Å². The summed E-state index contributed by atoms with van der Waals surface area (Å²) >= 11 is 5.79. The summed E-state index contributed by atoms with van der Waals surface area (Å²) < 4.78 is 5.51. The average molecular weight is 317 g/mol. The molecule has 1 N–H and O–H groups in total. The molecule has 1 unspecified atom stereocenters. The van der Waals surface area contributed by atoms with E-state index in [0.717, 1.165) is 5.56 Å². The van der Waals surface area contributed by atoms with E-state index in [1.165, 1.54) is 5.56 Å². The van der Waals surface area contributed by atoms with Crippen LogP contribution in [-0.4, -0.2) is 18.2 Å². The van der Waals surface area contributed by atoms with Crippen molar-refractivity contribution in [2.75, 3.05) is 0 Å². The van der Waals surface area contributed by atoms with Crippen LogP contribution in [0.3, 0.4) is 0 Å². The standard InChI is InChI=1S/C17H17ClN2O2/c1-12-3-5-14(6-4-12)11-19-20-17(21)13(2)22-16-9-7-15(18)8-10-16/h3-11,13H,1-2H3,(H,20,21)/b19-11-. The number of carbonyl (C=O) groups excluding carboxylic acids is 1. The van der Waals surface area contributed by atoms with Gasteiger partial charge in [-0.05, 0) is 43.7 Å². The Morgan fingerprint density at radius 1 is 1.18 bits per heavy atom. The molecule has 2 aromatic rings. The SMILES string of the molecule is Cc1ccc(/C=N\NC(=O)C(C)Oc2ccc(Cl)cc2)cc1. The second-order valence-corrected chi connectivity index (χ2v) is 5.30. The first-order valence-corrected chi connectivity index (χ1v) is 7.24. The molecule has 0 spiro atoms. The molecule has 4 nitrogen and oxygen atoms in total. The lowest BCUT2D eigenvalue weighted by atomic mass is 10.2. The Bertz CT molecular complexity index is 651. The topological polar surface area (TPSA) is 50.7 Å². The summed E-state index contributed by atoms with van der Waals surface area (Å²) in [5, 5.41) is 4.54. The first-order valence-electron chi connectivity index (χ1n) is 6.86. The third kappa shape index (κ3) is 4.90. The Labute approximate surface area is 134 Å². The van der Waals surface area contributed by atoms with E-state index in [0.29, 0.717) is 10.8 Å². The van der Waals surface area contributed by atoms with Gasteiger partial charge in [0.15, 0.2) is 6.10 Å². The van der Waals surface area contributed by atoms with Crippen molar-refractivity contribution in [1.82, 2.24) is 5.43 Å². The number of hydrogen-bond acceptors (Lipinski definition) is 3. The maximum atomic E-state index is 11.9. The molecule has 5 heteroatoms. The summed E-state index contributed by atoms with van der Waals surface area (Å²) in [6.07, 6.45) is 0.933. The van der Waals surface area contributed by atoms with Gasteiger partial charge in [-0.2, -0.15) is 5.10 Å². The lowest BCUT2D eigenvalue weighted by Gasteiger charge is -2.12. The minimum absolute atomic E-state index is 0.321. The van der Waals surface area contributed by atoms with Gasteiger partial charge in [0.25, 0.3) is 5.91 Å². The van der Waals surface area contributed by atoms with Crippen LogP contribution in [0.15, 0.2) is 53.6 Å². The Kier molecular flexibility index (Phi) is 5.55. The number of carbonyl (C=O) groups is 1. The van der Waals surface area contributed by atoms with Crippen molar-refractivity contribution in [2.45, 2.75) is 20.0 Å². The summed E-state index contributed by atoms with van der Waals surface area (Å²) in [4.78, 5) is 11.9. The first-order chi connectivity index (χ1) is 10.5. The zero-order valence-corrected chi connectivity index (χ0v) is 13.2. The van der Waals surface area contributed by atoms with Gasteiger partial charge in [-0.25, -0.2) is 5.43 Å². The minimum Gasteiger partial charge on any atom is -0.481 e. The van der Waals surface area contributed by atoms with Gasteiger partial charge in [0.05, 0.1) is 6.21 Å². The maximum absolute atomic E-state index is 11.9. The molecule has 0 fully saturated rings. The van der Waals surface area contributed by atoms with Crippen LogP contribution in [0, 0.1) is 6.92 Å². The number of aryl methyl sites for hydroxylation is 1. The lowest BCUT2D eigenvalue weighted by molar-refractivity contribution is -0.127. The van der Waals surface area contributed by atoms with Crippen LogP contribution in [0.2, 0.25) is 5.02 Å². The van der Waals surface area contributed by atoms with E-state index in [9.17, 15) is 4.79 Å². The van der Waals surface area contributed by atoms with Crippen molar-refractivity contribution < 1.29 is 9.53 Å². The third-order valence-corrected chi connectivity index (χ3v) is 3.21. The fraction of sp³-hybridized carbons (Fsp3) is 0.176. The summed E-state index contributed by atoms with van der Waals surface area (Å²) in [7, 11) is 0. The molecule has 1 atom stereocenters. The monoisotopic (exact) mass is 316 g/mol. The molecule has 0 saturated carbocycles. The van der Waals surface area contributed by atoms with Crippen LogP contribution in [0.5, 0.6) is 5.75 Å². The largest absolute Gasteiger partial charge is 0.481 e. The smallest absolute Gasteiger partial charge is 0.280 e. The van der Waals surface area contributed by atoms with Gasteiger partial charge >= 0.3 is 0 Å². The first kappa shape index (κ1) is 16.0. The second-order valence-electron chi connectivity index (χ2n) is 4.86. The van der Waals surface area contributed by atoms with Gasteiger partial charge in [-0.1, -0.05) is 41.4 Å². The number of ether oxygens (including phenoxy) is 1. The molecule has 1 amide bonds. The zero-order valence-electron chi connectivity index (χ0n) is 12.4. The predicted molar refractivity (Wildman–Crippen MR) is 88.5 cm³/mol. The van der Waals surface area contributed by atoms with Gasteiger partial charge in [0, 0.05) is 5.02 Å². The Morgan fingerprint density at radius 3 is 2.45 bits per heavy atom. The van der Waals surface area contributed by atoms with E-state index in [4.69, 9.17) is 16.3 Å². The molecule has 114 valence electrons. The molecular weight excluding hydrogens is 300 g/mol. The molecule has 0 aliphatic carbocycles. The molecule has 2 aromatic carbocycles. The zero-order chi connectivity index (χ0) is 15.9. The number of nitrogens with zero attached hydrogens (tertiary/aromatic N) is 1. The Hall–Kier alpha value is -2.33. The number of hydrazone groups is 1. The number of halogens is 1. The van der Waals surface area contributed by atoms with Crippen LogP contribution in [-0.2, 0) is 4.79 Å². The molecule has 2 rings (SSSR count). The van der Waals surface area contributed by atoms with Crippen molar-refractivity contribution in [3.63, 3.8) is 0 Å². The second kappa shape index (κ2) is 7.61. The van der Waals surface area contributed by atoms with Crippen LogP contribution in [0.4, 0.5) is 0 Å². The number of benzene rings is 2. The fourth-order valence-corrected chi connectivity index (χ4v) is 1.81. The molecule has 0 aliphatic rings. The maximum Gasteiger partial charge on any atom is 0.280 e. The highest BCUT2D eigenvalue weighted by molar-refractivity contribution is 6.30. The number of nitrogens with one attached hydrogen (secondary N) is 1. The van der Waals surface area contributed by atoms with Gasteiger partial charge in [-0.3, -0.25) is 4.79 Å². The van der Waals surface area contributed by atoms with Crippen LogP contribution >= 0.6 is 11.6 Å². The number of rotatable bonds is 5. The van der Waals surface area contributed by atoms with Crippen molar-refractivity contribution >= 4 is 23.7 Å². The van der Waals surface area contributed by atoms with Crippen LogP contribution in [0.25, 0.3) is 0 Å². The van der Waals surface area contributed by atoms with Gasteiger partial charge in [-0.15, -0.1) is 0 Å². The van der Waals surface area contributed by atoms with E-state index in [2.05, 4.69) is 10.5 Å². The molecule has 0 aliphatic heterocycles.